The van der Waals surface area contributed by atoms with E-state index in [2.05, 4.69) is 30.7 Å². The fraction of sp³-hybridized carbons (Fsp3) is 0.222. The first-order valence-electron chi connectivity index (χ1n) is 8.64. The van der Waals surface area contributed by atoms with E-state index in [1.807, 2.05) is 52.7 Å². The molecular weight excluding hydrogens is 362 g/mol. The van der Waals surface area contributed by atoms with Crippen LogP contribution in [0, 0.1) is 0 Å². The molecule has 0 saturated carbocycles. The summed E-state index contributed by atoms with van der Waals surface area (Å²) in [7, 11) is 0. The number of amides is 2. The van der Waals surface area contributed by atoms with Crippen molar-refractivity contribution in [2.24, 2.45) is 0 Å². The van der Waals surface area contributed by atoms with Crippen molar-refractivity contribution < 1.29 is 4.79 Å². The van der Waals surface area contributed by atoms with E-state index in [1.54, 1.807) is 6.20 Å². The standard InChI is InChI=1S/C18H19N7OS/c26-18(21-17-5-3-13-27-17)25-11-9-24(10-12-25)16-7-6-15(22-23-16)20-14-4-1-2-8-19-14/h1-8,13H,9-12H2,(H,21,26)(H,19,20,22). The lowest BCUT2D eigenvalue weighted by atomic mass is 10.3. The molecule has 8 nitrogen and oxygen atoms in total. The number of rotatable bonds is 4. The summed E-state index contributed by atoms with van der Waals surface area (Å²) in [6, 6.07) is 13.2. The van der Waals surface area contributed by atoms with Crippen LogP contribution in [0.4, 0.5) is 27.2 Å². The van der Waals surface area contributed by atoms with Gasteiger partial charge in [-0.05, 0) is 41.8 Å². The van der Waals surface area contributed by atoms with Crippen LogP contribution in [0.5, 0.6) is 0 Å². The highest BCUT2D eigenvalue weighted by Gasteiger charge is 2.22. The van der Waals surface area contributed by atoms with Gasteiger partial charge < -0.3 is 15.1 Å². The maximum Gasteiger partial charge on any atom is 0.322 e. The Bertz CT molecular complexity index is 862. The number of hydrogen-bond acceptors (Lipinski definition) is 7. The summed E-state index contributed by atoms with van der Waals surface area (Å²) in [6.07, 6.45) is 1.72. The van der Waals surface area contributed by atoms with Gasteiger partial charge in [-0.2, -0.15) is 0 Å². The van der Waals surface area contributed by atoms with Gasteiger partial charge in [0.1, 0.15) is 5.82 Å². The van der Waals surface area contributed by atoms with Crippen molar-refractivity contribution in [1.29, 1.82) is 0 Å². The summed E-state index contributed by atoms with van der Waals surface area (Å²) >= 11 is 1.52. The van der Waals surface area contributed by atoms with Gasteiger partial charge in [-0.3, -0.25) is 5.32 Å². The summed E-state index contributed by atoms with van der Waals surface area (Å²) in [5.41, 5.74) is 0. The maximum absolute atomic E-state index is 12.3. The van der Waals surface area contributed by atoms with Crippen molar-refractivity contribution in [2.75, 3.05) is 41.7 Å². The van der Waals surface area contributed by atoms with Gasteiger partial charge in [0, 0.05) is 32.4 Å². The zero-order chi connectivity index (χ0) is 18.5. The Kier molecular flexibility index (Phi) is 5.10. The van der Waals surface area contributed by atoms with E-state index in [0.717, 1.165) is 29.7 Å². The molecule has 4 rings (SSSR count). The first-order chi connectivity index (χ1) is 13.3. The van der Waals surface area contributed by atoms with Crippen LogP contribution in [0.2, 0.25) is 0 Å². The molecule has 1 saturated heterocycles. The number of thiophene rings is 1. The van der Waals surface area contributed by atoms with Crippen LogP contribution in [0.25, 0.3) is 0 Å². The number of piperazine rings is 1. The van der Waals surface area contributed by atoms with E-state index < -0.39 is 0 Å². The van der Waals surface area contributed by atoms with E-state index in [9.17, 15) is 4.79 Å². The normalized spacial score (nSPS) is 14.1. The molecule has 27 heavy (non-hydrogen) atoms. The molecule has 2 N–H and O–H groups in total. The second-order valence-electron chi connectivity index (χ2n) is 6.00. The van der Waals surface area contributed by atoms with E-state index in [1.165, 1.54) is 11.3 Å². The monoisotopic (exact) mass is 381 g/mol. The summed E-state index contributed by atoms with van der Waals surface area (Å²) in [5.74, 6) is 2.18. The lowest BCUT2D eigenvalue weighted by molar-refractivity contribution is 0.208. The van der Waals surface area contributed by atoms with Crippen LogP contribution in [0.15, 0.2) is 54.0 Å². The number of carbonyl (C=O) groups is 1. The molecule has 0 atom stereocenters. The average Bonchev–Trinajstić information content (AvgIpc) is 3.22. The highest BCUT2D eigenvalue weighted by Crippen LogP contribution is 2.18. The first-order valence-corrected chi connectivity index (χ1v) is 9.52. The molecule has 1 aliphatic rings. The Hall–Kier alpha value is -3.20. The third-order valence-corrected chi connectivity index (χ3v) is 5.00. The quantitative estimate of drug-likeness (QED) is 0.722. The van der Waals surface area contributed by atoms with Crippen molar-refractivity contribution in [3.05, 3.63) is 54.0 Å². The molecule has 4 heterocycles. The Labute approximate surface area is 160 Å². The molecule has 0 radical (unpaired) electrons. The summed E-state index contributed by atoms with van der Waals surface area (Å²) in [5, 5.41) is 17.4. The van der Waals surface area contributed by atoms with Gasteiger partial charge in [0.2, 0.25) is 0 Å². The lowest BCUT2D eigenvalue weighted by Gasteiger charge is -2.35. The number of carbonyl (C=O) groups excluding carboxylic acids is 1. The van der Waals surface area contributed by atoms with Crippen molar-refractivity contribution in [2.45, 2.75) is 0 Å². The number of hydrogen-bond donors (Lipinski definition) is 2. The summed E-state index contributed by atoms with van der Waals surface area (Å²) < 4.78 is 0. The third-order valence-electron chi connectivity index (χ3n) is 4.21. The maximum atomic E-state index is 12.3. The molecule has 0 aromatic carbocycles. The predicted octanol–water partition coefficient (Wildman–Crippen LogP) is 3.03. The smallest absolute Gasteiger partial charge is 0.322 e. The molecule has 0 bridgehead atoms. The highest BCUT2D eigenvalue weighted by molar-refractivity contribution is 7.14. The zero-order valence-corrected chi connectivity index (χ0v) is 15.4. The van der Waals surface area contributed by atoms with Crippen molar-refractivity contribution in [3.63, 3.8) is 0 Å². The van der Waals surface area contributed by atoms with E-state index in [-0.39, 0.29) is 6.03 Å². The fourth-order valence-corrected chi connectivity index (χ4v) is 3.41. The van der Waals surface area contributed by atoms with Gasteiger partial charge in [-0.1, -0.05) is 6.07 Å². The average molecular weight is 381 g/mol. The van der Waals surface area contributed by atoms with Crippen LogP contribution in [0.1, 0.15) is 0 Å². The van der Waals surface area contributed by atoms with Crippen LogP contribution >= 0.6 is 11.3 Å². The molecule has 3 aromatic heterocycles. The molecule has 9 heteroatoms. The SMILES string of the molecule is O=C(Nc1cccs1)N1CCN(c2ccc(Nc3ccccn3)nn2)CC1. The third kappa shape index (κ3) is 4.32. The van der Waals surface area contributed by atoms with Gasteiger partial charge >= 0.3 is 6.03 Å². The Balaban J connectivity index is 1.31. The molecule has 1 fully saturated rings. The van der Waals surface area contributed by atoms with Gasteiger partial charge in [0.15, 0.2) is 11.6 Å². The largest absolute Gasteiger partial charge is 0.352 e. The van der Waals surface area contributed by atoms with Crippen LogP contribution < -0.4 is 15.5 Å². The molecule has 0 unspecified atom stereocenters. The zero-order valence-electron chi connectivity index (χ0n) is 14.6. The van der Waals surface area contributed by atoms with E-state index >= 15 is 0 Å². The predicted molar refractivity (Wildman–Crippen MR) is 107 cm³/mol. The summed E-state index contributed by atoms with van der Waals surface area (Å²) in [4.78, 5) is 20.4. The van der Waals surface area contributed by atoms with Gasteiger partial charge in [-0.15, -0.1) is 21.5 Å². The summed E-state index contributed by atoms with van der Waals surface area (Å²) in [6.45, 7) is 2.73. The van der Waals surface area contributed by atoms with Crippen molar-refractivity contribution in [3.8, 4) is 0 Å². The number of nitrogens with zero attached hydrogens (tertiary/aromatic N) is 5. The van der Waals surface area contributed by atoms with Crippen molar-refractivity contribution >= 4 is 39.8 Å². The van der Waals surface area contributed by atoms with Gasteiger partial charge in [-0.25, -0.2) is 9.78 Å². The molecule has 138 valence electrons. The first kappa shape index (κ1) is 17.2. The fourth-order valence-electron chi connectivity index (χ4n) is 2.80. The highest BCUT2D eigenvalue weighted by atomic mass is 32.1. The second-order valence-corrected chi connectivity index (χ2v) is 6.95. The van der Waals surface area contributed by atoms with Gasteiger partial charge in [0.25, 0.3) is 0 Å². The number of anilines is 4. The number of nitrogens with one attached hydrogen (secondary N) is 2. The minimum atomic E-state index is -0.0573. The van der Waals surface area contributed by atoms with Crippen LogP contribution in [0.3, 0.4) is 0 Å². The van der Waals surface area contributed by atoms with E-state index in [0.29, 0.717) is 18.9 Å². The second kappa shape index (κ2) is 8.00. The van der Waals surface area contributed by atoms with Crippen LogP contribution in [-0.2, 0) is 0 Å². The topological polar surface area (TPSA) is 86.3 Å². The Morgan fingerprint density at radius 1 is 0.963 bits per heavy atom. The minimum absolute atomic E-state index is 0.0573. The van der Waals surface area contributed by atoms with E-state index in [4.69, 9.17) is 0 Å². The number of pyridine rings is 1. The number of aromatic nitrogens is 3. The molecular formula is C18H19N7OS. The molecule has 2 amide bonds. The number of urea groups is 1. The van der Waals surface area contributed by atoms with Crippen molar-refractivity contribution in [1.82, 2.24) is 20.1 Å². The molecule has 1 aliphatic heterocycles. The molecule has 0 aliphatic carbocycles. The van der Waals surface area contributed by atoms with Crippen LogP contribution in [-0.4, -0.2) is 52.3 Å². The molecule has 0 spiro atoms. The minimum Gasteiger partial charge on any atom is -0.352 e. The lowest BCUT2D eigenvalue weighted by Crippen LogP contribution is -2.50. The molecule has 3 aromatic rings. The Morgan fingerprint density at radius 3 is 2.52 bits per heavy atom. The Morgan fingerprint density at radius 2 is 1.85 bits per heavy atom. The van der Waals surface area contributed by atoms with Gasteiger partial charge in [0.05, 0.1) is 5.00 Å².